The first-order chi connectivity index (χ1) is 10.2. The first kappa shape index (κ1) is 13.6. The SMILES string of the molecule is CCOC(=O)[C@@H]1CC(=O)N(C2C3CC4CC(C3)CC2C4)C1. The Kier molecular flexibility index (Phi) is 3.23. The third-order valence-electron chi connectivity index (χ3n) is 6.32. The van der Waals surface area contributed by atoms with Gasteiger partial charge < -0.3 is 9.64 Å². The second-order valence-electron chi connectivity index (χ2n) is 7.62. The lowest BCUT2D eigenvalue weighted by atomic mass is 9.54. The summed E-state index contributed by atoms with van der Waals surface area (Å²) >= 11 is 0. The number of likely N-dealkylation sites (tertiary alicyclic amines) is 1. The van der Waals surface area contributed by atoms with Gasteiger partial charge in [0.15, 0.2) is 0 Å². The van der Waals surface area contributed by atoms with Crippen molar-refractivity contribution in [1.82, 2.24) is 4.90 Å². The highest BCUT2D eigenvalue weighted by molar-refractivity contribution is 5.87. The highest BCUT2D eigenvalue weighted by Gasteiger charge is 2.53. The number of carbonyl (C=O) groups excluding carboxylic acids is 2. The number of hydrogen-bond donors (Lipinski definition) is 0. The van der Waals surface area contributed by atoms with Gasteiger partial charge in [-0.05, 0) is 62.7 Å². The van der Waals surface area contributed by atoms with Crippen LogP contribution in [0.15, 0.2) is 0 Å². The maximum absolute atomic E-state index is 12.4. The predicted octanol–water partition coefficient (Wildman–Crippen LogP) is 2.22. The van der Waals surface area contributed by atoms with Crippen LogP contribution >= 0.6 is 0 Å². The van der Waals surface area contributed by atoms with Crippen LogP contribution in [0.5, 0.6) is 0 Å². The van der Waals surface area contributed by atoms with Crippen LogP contribution in [0.1, 0.15) is 45.4 Å². The van der Waals surface area contributed by atoms with Crippen LogP contribution in [0.25, 0.3) is 0 Å². The number of ether oxygens (including phenoxy) is 1. The molecule has 0 spiro atoms. The Labute approximate surface area is 126 Å². The Morgan fingerprint density at radius 3 is 2.33 bits per heavy atom. The molecule has 116 valence electrons. The van der Waals surface area contributed by atoms with E-state index in [2.05, 4.69) is 4.90 Å². The molecule has 4 heteroatoms. The zero-order chi connectivity index (χ0) is 14.6. The van der Waals surface area contributed by atoms with Crippen LogP contribution < -0.4 is 0 Å². The predicted molar refractivity (Wildman–Crippen MR) is 77.3 cm³/mol. The van der Waals surface area contributed by atoms with E-state index in [1.54, 1.807) is 0 Å². The van der Waals surface area contributed by atoms with E-state index >= 15 is 0 Å². The van der Waals surface area contributed by atoms with Gasteiger partial charge in [0.05, 0.1) is 12.5 Å². The fourth-order valence-corrected chi connectivity index (χ4v) is 5.84. The maximum Gasteiger partial charge on any atom is 0.311 e. The van der Waals surface area contributed by atoms with E-state index < -0.39 is 0 Å². The second kappa shape index (κ2) is 4.99. The summed E-state index contributed by atoms with van der Waals surface area (Å²) in [5.41, 5.74) is 0. The molecule has 0 unspecified atom stereocenters. The monoisotopic (exact) mass is 291 g/mol. The van der Waals surface area contributed by atoms with Gasteiger partial charge in [0.1, 0.15) is 0 Å². The largest absolute Gasteiger partial charge is 0.466 e. The molecule has 1 heterocycles. The van der Waals surface area contributed by atoms with Crippen molar-refractivity contribution in [1.29, 1.82) is 0 Å². The van der Waals surface area contributed by atoms with Crippen molar-refractivity contribution in [3.8, 4) is 0 Å². The van der Waals surface area contributed by atoms with Crippen molar-refractivity contribution in [2.45, 2.75) is 51.5 Å². The highest BCUT2D eigenvalue weighted by Crippen LogP contribution is 2.55. The molecule has 0 radical (unpaired) electrons. The standard InChI is InChI=1S/C17H25NO3/c1-2-21-17(20)14-8-15(19)18(9-14)16-12-4-10-3-11(6-12)7-13(16)5-10/h10-14,16H,2-9H2,1H3/t10?,11?,12?,13?,14-,16?/m1/s1. The van der Waals surface area contributed by atoms with Crippen molar-refractivity contribution >= 4 is 11.9 Å². The van der Waals surface area contributed by atoms with Gasteiger partial charge in [-0.25, -0.2) is 0 Å². The van der Waals surface area contributed by atoms with Gasteiger partial charge in [-0.3, -0.25) is 9.59 Å². The Morgan fingerprint density at radius 1 is 1.14 bits per heavy atom. The molecule has 5 aliphatic rings. The number of rotatable bonds is 3. The lowest BCUT2D eigenvalue weighted by Gasteiger charge is -2.56. The summed E-state index contributed by atoms with van der Waals surface area (Å²) in [6, 6.07) is 0.421. The smallest absolute Gasteiger partial charge is 0.311 e. The van der Waals surface area contributed by atoms with Gasteiger partial charge in [-0.1, -0.05) is 0 Å². The normalized spacial score (nSPS) is 44.4. The van der Waals surface area contributed by atoms with Gasteiger partial charge in [-0.15, -0.1) is 0 Å². The minimum atomic E-state index is -0.227. The molecule has 4 bridgehead atoms. The Bertz CT molecular complexity index is 433. The van der Waals surface area contributed by atoms with Gasteiger partial charge in [0, 0.05) is 19.0 Å². The zero-order valence-electron chi connectivity index (χ0n) is 12.8. The number of amides is 1. The molecule has 5 rings (SSSR count). The third-order valence-corrected chi connectivity index (χ3v) is 6.32. The van der Waals surface area contributed by atoms with E-state index in [1.807, 2.05) is 6.92 Å². The topological polar surface area (TPSA) is 46.6 Å². The van der Waals surface area contributed by atoms with Crippen LogP contribution in [0.2, 0.25) is 0 Å². The molecule has 1 aliphatic heterocycles. The van der Waals surface area contributed by atoms with E-state index in [0.29, 0.717) is 37.5 Å². The molecule has 4 nitrogen and oxygen atoms in total. The van der Waals surface area contributed by atoms with Crippen molar-refractivity contribution in [3.05, 3.63) is 0 Å². The minimum absolute atomic E-state index is 0.183. The number of hydrogen-bond acceptors (Lipinski definition) is 3. The quantitative estimate of drug-likeness (QED) is 0.749. The van der Waals surface area contributed by atoms with Gasteiger partial charge in [0.2, 0.25) is 5.91 Å². The molecule has 0 aromatic heterocycles. The fourth-order valence-electron chi connectivity index (χ4n) is 5.84. The molecular weight excluding hydrogens is 266 g/mol. The van der Waals surface area contributed by atoms with Gasteiger partial charge in [-0.2, -0.15) is 0 Å². The van der Waals surface area contributed by atoms with E-state index in [-0.39, 0.29) is 17.8 Å². The van der Waals surface area contributed by atoms with Crippen LogP contribution in [0.3, 0.4) is 0 Å². The molecule has 21 heavy (non-hydrogen) atoms. The molecule has 5 fully saturated rings. The summed E-state index contributed by atoms with van der Waals surface area (Å²) in [6.45, 7) is 2.83. The van der Waals surface area contributed by atoms with Crippen molar-refractivity contribution in [2.75, 3.05) is 13.2 Å². The van der Waals surface area contributed by atoms with Crippen LogP contribution in [-0.2, 0) is 14.3 Å². The fraction of sp³-hybridized carbons (Fsp3) is 0.882. The average molecular weight is 291 g/mol. The summed E-state index contributed by atoms with van der Waals surface area (Å²) in [5.74, 6) is 3.01. The molecule has 0 N–H and O–H groups in total. The molecular formula is C17H25NO3. The molecule has 1 atom stereocenters. The van der Waals surface area contributed by atoms with Gasteiger partial charge >= 0.3 is 5.97 Å². The maximum atomic E-state index is 12.4. The van der Waals surface area contributed by atoms with Gasteiger partial charge in [0.25, 0.3) is 0 Å². The summed E-state index contributed by atoms with van der Waals surface area (Å²) < 4.78 is 5.11. The van der Waals surface area contributed by atoms with E-state index in [9.17, 15) is 9.59 Å². The molecule has 1 amide bonds. The van der Waals surface area contributed by atoms with E-state index in [0.717, 1.165) is 11.8 Å². The molecule has 4 saturated carbocycles. The van der Waals surface area contributed by atoms with Crippen molar-refractivity contribution < 1.29 is 14.3 Å². The van der Waals surface area contributed by atoms with E-state index in [4.69, 9.17) is 4.74 Å². The first-order valence-corrected chi connectivity index (χ1v) is 8.61. The molecule has 0 aromatic rings. The van der Waals surface area contributed by atoms with Crippen LogP contribution in [-0.4, -0.2) is 36.0 Å². The lowest BCUT2D eigenvalue weighted by molar-refractivity contribution is -0.147. The zero-order valence-corrected chi connectivity index (χ0v) is 12.8. The summed E-state index contributed by atoms with van der Waals surface area (Å²) in [7, 11) is 0. The summed E-state index contributed by atoms with van der Waals surface area (Å²) in [6.07, 6.45) is 7.04. The highest BCUT2D eigenvalue weighted by atomic mass is 16.5. The Hall–Kier alpha value is -1.06. The first-order valence-electron chi connectivity index (χ1n) is 8.61. The lowest BCUT2D eigenvalue weighted by Crippen LogP contribution is -2.56. The number of esters is 1. The minimum Gasteiger partial charge on any atom is -0.466 e. The summed E-state index contributed by atoms with van der Waals surface area (Å²) in [5, 5.41) is 0. The van der Waals surface area contributed by atoms with Crippen molar-refractivity contribution in [2.24, 2.45) is 29.6 Å². The Balaban J connectivity index is 1.49. The number of nitrogens with zero attached hydrogens (tertiary/aromatic N) is 1. The average Bonchev–Trinajstić information content (AvgIpc) is 2.80. The Morgan fingerprint density at radius 2 is 1.76 bits per heavy atom. The number of carbonyl (C=O) groups is 2. The molecule has 4 aliphatic carbocycles. The third kappa shape index (κ3) is 2.18. The van der Waals surface area contributed by atoms with Crippen LogP contribution in [0, 0.1) is 29.6 Å². The second-order valence-corrected chi connectivity index (χ2v) is 7.62. The molecule has 1 saturated heterocycles. The summed E-state index contributed by atoms with van der Waals surface area (Å²) in [4.78, 5) is 26.4. The van der Waals surface area contributed by atoms with Crippen LogP contribution in [0.4, 0.5) is 0 Å². The molecule has 0 aromatic carbocycles. The van der Waals surface area contributed by atoms with Crippen molar-refractivity contribution in [3.63, 3.8) is 0 Å². The van der Waals surface area contributed by atoms with E-state index in [1.165, 1.54) is 32.1 Å².